The van der Waals surface area contributed by atoms with Crippen molar-refractivity contribution in [1.82, 2.24) is 10.2 Å². The Hall–Kier alpha value is -0.550. The van der Waals surface area contributed by atoms with E-state index in [1.54, 1.807) is 0 Å². The van der Waals surface area contributed by atoms with Crippen LogP contribution in [0, 0.1) is 0 Å². The Balaban J connectivity index is 1.58. The molecule has 3 aliphatic rings. The molecule has 0 spiro atoms. The third-order valence-corrected chi connectivity index (χ3v) is 5.59. The number of imide groups is 1. The van der Waals surface area contributed by atoms with Crippen molar-refractivity contribution >= 4 is 23.6 Å². The molecule has 4 nitrogen and oxygen atoms in total. The molecule has 19 heavy (non-hydrogen) atoms. The first-order valence-electron chi connectivity index (χ1n) is 7.33. The average molecular weight is 282 g/mol. The second-order valence-electron chi connectivity index (χ2n) is 5.98. The average Bonchev–Trinajstić information content (AvgIpc) is 3.19. The number of likely N-dealkylation sites (tertiary alicyclic amines) is 1. The fourth-order valence-corrected chi connectivity index (χ4v) is 4.12. The van der Waals surface area contributed by atoms with Crippen LogP contribution < -0.4 is 5.32 Å². The van der Waals surface area contributed by atoms with Gasteiger partial charge in [-0.2, -0.15) is 11.8 Å². The quantitative estimate of drug-likeness (QED) is 0.795. The predicted octanol–water partition coefficient (Wildman–Crippen LogP) is 1.54. The molecule has 2 aliphatic carbocycles. The summed E-state index contributed by atoms with van der Waals surface area (Å²) in [6.45, 7) is 0. The molecule has 0 aromatic rings. The van der Waals surface area contributed by atoms with Crippen molar-refractivity contribution in [2.24, 2.45) is 0 Å². The number of carbonyl (C=O) groups excluding carboxylic acids is 2. The first kappa shape index (κ1) is 13.4. The summed E-state index contributed by atoms with van der Waals surface area (Å²) in [5.74, 6) is 0.0565. The molecule has 2 saturated carbocycles. The smallest absolute Gasteiger partial charge is 0.247 e. The summed E-state index contributed by atoms with van der Waals surface area (Å²) in [4.78, 5) is 25.7. The fourth-order valence-electron chi connectivity index (χ4n) is 3.29. The molecule has 5 heteroatoms. The lowest BCUT2D eigenvalue weighted by molar-refractivity contribution is -0.139. The first-order valence-corrected chi connectivity index (χ1v) is 8.62. The summed E-state index contributed by atoms with van der Waals surface area (Å²) < 4.78 is 0. The number of thioether (sulfide) groups is 1. The second kappa shape index (κ2) is 5.44. The van der Waals surface area contributed by atoms with Crippen molar-refractivity contribution in [3.05, 3.63) is 0 Å². The van der Waals surface area contributed by atoms with E-state index < -0.39 is 0 Å². The van der Waals surface area contributed by atoms with Gasteiger partial charge in [0.2, 0.25) is 11.8 Å². The maximum Gasteiger partial charge on any atom is 0.247 e. The van der Waals surface area contributed by atoms with E-state index in [1.807, 2.05) is 11.8 Å². The molecule has 3 rings (SSSR count). The van der Waals surface area contributed by atoms with Gasteiger partial charge in [0.15, 0.2) is 0 Å². The number of nitrogens with zero attached hydrogens (tertiary/aromatic N) is 1. The van der Waals surface area contributed by atoms with Gasteiger partial charge in [0.25, 0.3) is 0 Å². The van der Waals surface area contributed by atoms with Crippen LogP contribution in [0.5, 0.6) is 0 Å². The van der Waals surface area contributed by atoms with Crippen molar-refractivity contribution in [2.45, 2.75) is 68.3 Å². The van der Waals surface area contributed by atoms with Gasteiger partial charge in [0, 0.05) is 17.3 Å². The number of rotatable bonds is 4. The third kappa shape index (κ3) is 2.82. The molecule has 0 aromatic heterocycles. The summed E-state index contributed by atoms with van der Waals surface area (Å²) in [6, 6.07) is 0.378. The molecular weight excluding hydrogens is 260 g/mol. The van der Waals surface area contributed by atoms with E-state index in [4.69, 9.17) is 0 Å². The van der Waals surface area contributed by atoms with Gasteiger partial charge in [-0.3, -0.25) is 14.5 Å². The van der Waals surface area contributed by atoms with Crippen molar-refractivity contribution in [2.75, 3.05) is 6.26 Å². The predicted molar refractivity (Wildman–Crippen MR) is 76.0 cm³/mol. The van der Waals surface area contributed by atoms with Crippen LogP contribution in [0.2, 0.25) is 0 Å². The molecule has 0 radical (unpaired) electrons. The molecule has 1 heterocycles. The maximum atomic E-state index is 12.3. The molecule has 0 bridgehead atoms. The van der Waals surface area contributed by atoms with Crippen molar-refractivity contribution < 1.29 is 9.59 Å². The third-order valence-electron chi connectivity index (χ3n) is 4.49. The molecule has 3 fully saturated rings. The van der Waals surface area contributed by atoms with Gasteiger partial charge < -0.3 is 5.32 Å². The van der Waals surface area contributed by atoms with Crippen molar-refractivity contribution in [3.8, 4) is 0 Å². The Labute approximate surface area is 118 Å². The number of carbonyl (C=O) groups is 2. The number of hydrogen-bond acceptors (Lipinski definition) is 4. The highest BCUT2D eigenvalue weighted by molar-refractivity contribution is 7.99. The van der Waals surface area contributed by atoms with E-state index in [9.17, 15) is 9.59 Å². The van der Waals surface area contributed by atoms with Crippen LogP contribution in [0.4, 0.5) is 0 Å². The van der Waals surface area contributed by atoms with Crippen LogP contribution >= 0.6 is 11.8 Å². The Morgan fingerprint density at radius 1 is 1.21 bits per heavy atom. The summed E-state index contributed by atoms with van der Waals surface area (Å²) >= 11 is 1.92. The minimum absolute atomic E-state index is 0.0266. The van der Waals surface area contributed by atoms with E-state index in [1.165, 1.54) is 17.7 Å². The van der Waals surface area contributed by atoms with Crippen molar-refractivity contribution in [1.29, 1.82) is 0 Å². The van der Waals surface area contributed by atoms with Gasteiger partial charge in [-0.25, -0.2) is 0 Å². The number of hydrogen-bond donors (Lipinski definition) is 1. The highest BCUT2D eigenvalue weighted by atomic mass is 32.2. The standard InChI is InChI=1S/C14H22N2O2S/c1-19-11-4-2-3-9(7-11)15-12-8-13(17)16(14(12)18)10-5-6-10/h9-12,15H,2-8H2,1H3. The molecule has 1 aliphatic heterocycles. The molecule has 2 amide bonds. The molecular formula is C14H22N2O2S. The SMILES string of the molecule is CSC1CCCC(NC2CC(=O)N(C3CC3)C2=O)C1. The maximum absolute atomic E-state index is 12.3. The Kier molecular flexibility index (Phi) is 3.85. The van der Waals surface area contributed by atoms with Gasteiger partial charge in [-0.15, -0.1) is 0 Å². The van der Waals surface area contributed by atoms with Crippen LogP contribution in [0.25, 0.3) is 0 Å². The lowest BCUT2D eigenvalue weighted by Crippen LogP contribution is -2.46. The summed E-state index contributed by atoms with van der Waals surface area (Å²) in [5, 5.41) is 4.16. The zero-order valence-corrected chi connectivity index (χ0v) is 12.2. The van der Waals surface area contributed by atoms with Crippen LogP contribution in [-0.4, -0.2) is 46.3 Å². The largest absolute Gasteiger partial charge is 0.303 e. The number of amides is 2. The van der Waals surface area contributed by atoms with Crippen molar-refractivity contribution in [3.63, 3.8) is 0 Å². The molecule has 1 saturated heterocycles. The summed E-state index contributed by atoms with van der Waals surface area (Å²) in [7, 11) is 0. The molecule has 0 aromatic carbocycles. The van der Waals surface area contributed by atoms with Crippen LogP contribution in [0.15, 0.2) is 0 Å². The van der Waals surface area contributed by atoms with Gasteiger partial charge >= 0.3 is 0 Å². The van der Waals surface area contributed by atoms with Crippen LogP contribution in [0.3, 0.4) is 0 Å². The minimum Gasteiger partial charge on any atom is -0.303 e. The zero-order valence-electron chi connectivity index (χ0n) is 11.4. The Morgan fingerprint density at radius 2 is 2.00 bits per heavy atom. The summed E-state index contributed by atoms with van der Waals surface area (Å²) in [5.41, 5.74) is 0. The van der Waals surface area contributed by atoms with Crippen LogP contribution in [-0.2, 0) is 9.59 Å². The van der Waals surface area contributed by atoms with Gasteiger partial charge in [-0.1, -0.05) is 6.42 Å². The van der Waals surface area contributed by atoms with Gasteiger partial charge in [-0.05, 0) is 38.4 Å². The minimum atomic E-state index is -0.251. The van der Waals surface area contributed by atoms with Gasteiger partial charge in [0.05, 0.1) is 12.5 Å². The molecule has 106 valence electrons. The number of nitrogens with one attached hydrogen (secondary N) is 1. The Bertz CT molecular complexity index is 384. The topological polar surface area (TPSA) is 49.4 Å². The van der Waals surface area contributed by atoms with Crippen LogP contribution in [0.1, 0.15) is 44.9 Å². The molecule has 3 atom stereocenters. The van der Waals surface area contributed by atoms with E-state index in [0.717, 1.165) is 25.7 Å². The highest BCUT2D eigenvalue weighted by Crippen LogP contribution is 2.32. The summed E-state index contributed by atoms with van der Waals surface area (Å²) in [6.07, 6.45) is 9.31. The fraction of sp³-hybridized carbons (Fsp3) is 0.857. The van der Waals surface area contributed by atoms with E-state index in [2.05, 4.69) is 11.6 Å². The zero-order chi connectivity index (χ0) is 13.4. The molecule has 1 N–H and O–H groups in total. The van der Waals surface area contributed by atoms with E-state index in [0.29, 0.717) is 17.7 Å². The monoisotopic (exact) mass is 282 g/mol. The second-order valence-corrected chi connectivity index (χ2v) is 7.12. The van der Waals surface area contributed by atoms with Gasteiger partial charge in [0.1, 0.15) is 0 Å². The first-order chi connectivity index (χ1) is 9.19. The van der Waals surface area contributed by atoms with E-state index >= 15 is 0 Å². The highest BCUT2D eigenvalue weighted by Gasteiger charge is 2.46. The lowest BCUT2D eigenvalue weighted by atomic mass is 9.94. The van der Waals surface area contributed by atoms with E-state index in [-0.39, 0.29) is 23.9 Å². The normalized spacial score (nSPS) is 36.1. The lowest BCUT2D eigenvalue weighted by Gasteiger charge is -2.30. The Morgan fingerprint density at radius 3 is 2.68 bits per heavy atom. The molecule has 3 unspecified atom stereocenters.